The summed E-state index contributed by atoms with van der Waals surface area (Å²) in [5.74, 6) is 2.68. The maximum absolute atomic E-state index is 4.03. The molecule has 152 valence electrons. The molecule has 0 aromatic heterocycles. The number of rotatable bonds is 11. The lowest BCUT2D eigenvalue weighted by molar-refractivity contribution is 0.0192. The van der Waals surface area contributed by atoms with Crippen LogP contribution in [0, 0.1) is 28.6 Å². The first-order valence-electron chi connectivity index (χ1n) is 12.2. The smallest absolute Gasteiger partial charge is 0.00464 e. The molecule has 3 aliphatic carbocycles. The van der Waals surface area contributed by atoms with Gasteiger partial charge in [0.25, 0.3) is 0 Å². The van der Waals surface area contributed by atoms with Crippen LogP contribution in [-0.2, 0) is 0 Å². The fraction of sp³-hybridized carbons (Fsp3) is 0.778. The van der Waals surface area contributed by atoms with Crippen molar-refractivity contribution < 1.29 is 0 Å². The van der Waals surface area contributed by atoms with Gasteiger partial charge in [0.1, 0.15) is 0 Å². The van der Waals surface area contributed by atoms with E-state index in [4.69, 9.17) is 0 Å². The molecular formula is C27H44. The summed E-state index contributed by atoms with van der Waals surface area (Å²) in [5, 5.41) is 0. The Morgan fingerprint density at radius 1 is 1.04 bits per heavy atom. The molecule has 0 N–H and O–H groups in total. The van der Waals surface area contributed by atoms with Gasteiger partial charge < -0.3 is 0 Å². The molecule has 3 atom stereocenters. The summed E-state index contributed by atoms with van der Waals surface area (Å²) in [6, 6.07) is 0. The Morgan fingerprint density at radius 3 is 2.37 bits per heavy atom. The van der Waals surface area contributed by atoms with Gasteiger partial charge in [-0.3, -0.25) is 0 Å². The minimum Gasteiger partial charge on any atom is -0.103 e. The highest BCUT2D eigenvalue weighted by atomic mass is 14.6. The zero-order valence-corrected chi connectivity index (χ0v) is 18.2. The van der Waals surface area contributed by atoms with Crippen molar-refractivity contribution in [1.29, 1.82) is 0 Å². The SMILES string of the molecule is C=CCCC12C=CC=CC1C(C(CCCC)(CCCC)C1CCCC1)CC2. The number of hydrogen-bond acceptors (Lipinski definition) is 0. The van der Waals surface area contributed by atoms with Gasteiger partial charge in [0.15, 0.2) is 0 Å². The van der Waals surface area contributed by atoms with Crippen molar-refractivity contribution in [3.8, 4) is 0 Å². The van der Waals surface area contributed by atoms with Crippen molar-refractivity contribution in [2.45, 2.75) is 104 Å². The van der Waals surface area contributed by atoms with Gasteiger partial charge in [-0.05, 0) is 80.0 Å². The summed E-state index contributed by atoms with van der Waals surface area (Å²) in [7, 11) is 0. The van der Waals surface area contributed by atoms with Crippen molar-refractivity contribution >= 4 is 0 Å². The maximum atomic E-state index is 4.03. The largest absolute Gasteiger partial charge is 0.103 e. The van der Waals surface area contributed by atoms with E-state index >= 15 is 0 Å². The molecule has 2 saturated carbocycles. The van der Waals surface area contributed by atoms with Gasteiger partial charge in [-0.25, -0.2) is 0 Å². The number of fused-ring (bicyclic) bond motifs is 1. The quantitative estimate of drug-likeness (QED) is 0.320. The number of allylic oxidation sites excluding steroid dienone is 5. The van der Waals surface area contributed by atoms with E-state index in [2.05, 4.69) is 50.8 Å². The summed E-state index contributed by atoms with van der Waals surface area (Å²) < 4.78 is 0. The normalized spacial score (nSPS) is 30.7. The van der Waals surface area contributed by atoms with Gasteiger partial charge in [-0.15, -0.1) is 6.58 Å². The lowest BCUT2D eigenvalue weighted by atomic mass is 9.55. The van der Waals surface area contributed by atoms with E-state index in [1.54, 1.807) is 0 Å². The van der Waals surface area contributed by atoms with Gasteiger partial charge in [-0.2, -0.15) is 0 Å². The number of unbranched alkanes of at least 4 members (excludes halogenated alkanes) is 2. The molecule has 0 aromatic rings. The van der Waals surface area contributed by atoms with Crippen LogP contribution in [0.15, 0.2) is 37.0 Å². The van der Waals surface area contributed by atoms with Gasteiger partial charge in [0.05, 0.1) is 0 Å². The third-order valence-corrected chi connectivity index (χ3v) is 8.59. The van der Waals surface area contributed by atoms with Gasteiger partial charge >= 0.3 is 0 Å². The van der Waals surface area contributed by atoms with Crippen LogP contribution in [0.5, 0.6) is 0 Å². The van der Waals surface area contributed by atoms with Gasteiger partial charge in [-0.1, -0.05) is 82.8 Å². The minimum atomic E-state index is 0.426. The first kappa shape index (κ1) is 20.9. The van der Waals surface area contributed by atoms with Gasteiger partial charge in [0, 0.05) is 0 Å². The summed E-state index contributed by atoms with van der Waals surface area (Å²) in [4.78, 5) is 0. The Morgan fingerprint density at radius 2 is 1.74 bits per heavy atom. The van der Waals surface area contributed by atoms with E-state index in [0.717, 1.165) is 17.8 Å². The molecular weight excluding hydrogens is 324 g/mol. The van der Waals surface area contributed by atoms with Crippen LogP contribution in [0.2, 0.25) is 0 Å². The average Bonchev–Trinajstić information content (AvgIpc) is 3.36. The van der Waals surface area contributed by atoms with Crippen molar-refractivity contribution in [1.82, 2.24) is 0 Å². The second-order valence-electron chi connectivity index (χ2n) is 9.90. The molecule has 0 heteroatoms. The molecule has 3 rings (SSSR count). The lowest BCUT2D eigenvalue weighted by Gasteiger charge is -2.49. The van der Waals surface area contributed by atoms with Crippen LogP contribution in [0.25, 0.3) is 0 Å². The minimum absolute atomic E-state index is 0.426. The molecule has 27 heavy (non-hydrogen) atoms. The lowest BCUT2D eigenvalue weighted by Crippen LogP contribution is -2.41. The highest BCUT2D eigenvalue weighted by Crippen LogP contribution is 2.64. The summed E-state index contributed by atoms with van der Waals surface area (Å²) in [5.41, 5.74) is 1.04. The molecule has 0 bridgehead atoms. The van der Waals surface area contributed by atoms with Crippen LogP contribution in [0.3, 0.4) is 0 Å². The third kappa shape index (κ3) is 4.15. The predicted octanol–water partition coefficient (Wildman–Crippen LogP) is 8.65. The van der Waals surface area contributed by atoms with Crippen LogP contribution >= 0.6 is 0 Å². The molecule has 0 amide bonds. The van der Waals surface area contributed by atoms with E-state index in [1.807, 2.05) is 0 Å². The Kier molecular flexibility index (Phi) is 7.46. The zero-order valence-electron chi connectivity index (χ0n) is 18.2. The molecule has 0 radical (unpaired) electrons. The number of hydrogen-bond donors (Lipinski definition) is 0. The predicted molar refractivity (Wildman–Crippen MR) is 120 cm³/mol. The molecule has 2 fully saturated rings. The summed E-state index contributed by atoms with van der Waals surface area (Å²) in [6.07, 6.45) is 32.0. The Labute approximate surface area is 169 Å². The molecule has 0 nitrogen and oxygen atoms in total. The van der Waals surface area contributed by atoms with E-state index in [1.165, 1.54) is 89.9 Å². The third-order valence-electron chi connectivity index (χ3n) is 8.59. The summed E-state index contributed by atoms with van der Waals surface area (Å²) in [6.45, 7) is 8.81. The van der Waals surface area contributed by atoms with E-state index < -0.39 is 0 Å². The Bertz CT molecular complexity index is 510. The van der Waals surface area contributed by atoms with Crippen LogP contribution < -0.4 is 0 Å². The average molecular weight is 369 g/mol. The van der Waals surface area contributed by atoms with Crippen LogP contribution in [0.1, 0.15) is 104 Å². The molecule has 0 aliphatic heterocycles. The summed E-state index contributed by atoms with van der Waals surface area (Å²) >= 11 is 0. The second-order valence-corrected chi connectivity index (χ2v) is 9.90. The van der Waals surface area contributed by atoms with Gasteiger partial charge in [0.2, 0.25) is 0 Å². The fourth-order valence-electron chi connectivity index (χ4n) is 7.23. The first-order valence-corrected chi connectivity index (χ1v) is 12.2. The highest BCUT2D eigenvalue weighted by molar-refractivity contribution is 5.25. The monoisotopic (exact) mass is 368 g/mol. The highest BCUT2D eigenvalue weighted by Gasteiger charge is 2.55. The van der Waals surface area contributed by atoms with E-state index in [-0.39, 0.29) is 0 Å². The molecule has 3 unspecified atom stereocenters. The molecule has 0 saturated heterocycles. The maximum Gasteiger partial charge on any atom is -0.00464 e. The molecule has 0 spiro atoms. The van der Waals surface area contributed by atoms with Crippen molar-refractivity contribution in [2.24, 2.45) is 28.6 Å². The topological polar surface area (TPSA) is 0 Å². The van der Waals surface area contributed by atoms with Crippen molar-refractivity contribution in [3.05, 3.63) is 37.0 Å². The first-order chi connectivity index (χ1) is 13.2. The fourth-order valence-corrected chi connectivity index (χ4v) is 7.23. The van der Waals surface area contributed by atoms with Crippen molar-refractivity contribution in [3.63, 3.8) is 0 Å². The standard InChI is InChI=1S/C27H44/c1-4-7-18-26-19-13-12-16-24(26)25(17-22-26)27(20-8-5-2,21-9-6-3)23-14-10-11-15-23/h4,12-13,16,19,23-25H,1,5-11,14-15,17-18,20-22H2,2-3H3. The van der Waals surface area contributed by atoms with Crippen LogP contribution in [-0.4, -0.2) is 0 Å². The Balaban J connectivity index is 1.93. The molecule has 0 aromatic carbocycles. The van der Waals surface area contributed by atoms with E-state index in [0.29, 0.717) is 10.8 Å². The second kappa shape index (κ2) is 9.62. The van der Waals surface area contributed by atoms with Crippen LogP contribution in [0.4, 0.5) is 0 Å². The zero-order chi connectivity index (χ0) is 19.2. The Hall–Kier alpha value is -0.780. The van der Waals surface area contributed by atoms with E-state index in [9.17, 15) is 0 Å². The molecule has 0 heterocycles. The molecule has 3 aliphatic rings. The van der Waals surface area contributed by atoms with Crippen molar-refractivity contribution in [2.75, 3.05) is 0 Å².